The van der Waals surface area contributed by atoms with Crippen LogP contribution in [-0.4, -0.2) is 32.3 Å². The fourth-order valence-corrected chi connectivity index (χ4v) is 3.91. The average molecular weight is 435 g/mol. The van der Waals surface area contributed by atoms with E-state index in [0.717, 1.165) is 15.8 Å². The molecule has 31 heavy (non-hydrogen) atoms. The molecule has 0 spiro atoms. The standard InChI is InChI=1S/C22H18FN5O2S/c1-14-16(12-25-28(14)18-9-3-2-8-17(18)23)22(30)27-26-20(29)13-31-19-10-4-6-15-7-5-11-24-21(15)19/h2-12H,13H2,1H3,(H,26,29)(H,27,30). The molecular formula is C22H18FN5O2S. The minimum absolute atomic E-state index is 0.101. The summed E-state index contributed by atoms with van der Waals surface area (Å²) in [4.78, 5) is 29.9. The highest BCUT2D eigenvalue weighted by molar-refractivity contribution is 8.00. The van der Waals surface area contributed by atoms with Gasteiger partial charge in [-0.25, -0.2) is 9.07 Å². The zero-order valence-corrected chi connectivity index (χ0v) is 17.3. The summed E-state index contributed by atoms with van der Waals surface area (Å²) < 4.78 is 15.4. The molecule has 0 unspecified atom stereocenters. The van der Waals surface area contributed by atoms with Crippen LogP contribution in [0.5, 0.6) is 0 Å². The van der Waals surface area contributed by atoms with Gasteiger partial charge in [0.05, 0.1) is 28.7 Å². The van der Waals surface area contributed by atoms with Crippen molar-refractivity contribution >= 4 is 34.5 Å². The molecular weight excluding hydrogens is 417 g/mol. The van der Waals surface area contributed by atoms with Crippen molar-refractivity contribution < 1.29 is 14.0 Å². The Kier molecular flexibility index (Phi) is 5.94. The SMILES string of the molecule is Cc1c(C(=O)NNC(=O)CSc2cccc3cccnc23)cnn1-c1ccccc1F. The smallest absolute Gasteiger partial charge is 0.272 e. The third-order valence-electron chi connectivity index (χ3n) is 4.60. The highest BCUT2D eigenvalue weighted by Crippen LogP contribution is 2.25. The van der Waals surface area contributed by atoms with Gasteiger partial charge in [-0.2, -0.15) is 5.10 Å². The Bertz CT molecular complexity index is 1270. The zero-order valence-electron chi connectivity index (χ0n) is 16.5. The van der Waals surface area contributed by atoms with Crippen LogP contribution in [0.25, 0.3) is 16.6 Å². The van der Waals surface area contributed by atoms with Gasteiger partial charge in [0, 0.05) is 16.5 Å². The van der Waals surface area contributed by atoms with Crippen LogP contribution in [0.15, 0.2) is 71.9 Å². The number of fused-ring (bicyclic) bond motifs is 1. The first kappa shape index (κ1) is 20.5. The number of hydrogen-bond acceptors (Lipinski definition) is 5. The maximum Gasteiger partial charge on any atom is 0.273 e. The molecule has 0 atom stereocenters. The monoisotopic (exact) mass is 435 g/mol. The Labute approximate surface area is 181 Å². The van der Waals surface area contributed by atoms with Crippen molar-refractivity contribution in [1.82, 2.24) is 25.6 Å². The Morgan fingerprint density at radius 1 is 1.06 bits per heavy atom. The minimum Gasteiger partial charge on any atom is -0.272 e. The van der Waals surface area contributed by atoms with Gasteiger partial charge in [-0.3, -0.25) is 25.4 Å². The lowest BCUT2D eigenvalue weighted by Crippen LogP contribution is -2.42. The molecule has 2 N–H and O–H groups in total. The van der Waals surface area contributed by atoms with Gasteiger partial charge in [0.15, 0.2) is 0 Å². The topological polar surface area (TPSA) is 88.9 Å². The number of thioether (sulfide) groups is 1. The molecule has 4 rings (SSSR count). The average Bonchev–Trinajstić information content (AvgIpc) is 3.17. The normalized spacial score (nSPS) is 10.8. The zero-order chi connectivity index (χ0) is 21.8. The number of carbonyl (C=O) groups is 2. The molecule has 0 aliphatic carbocycles. The number of benzene rings is 2. The Morgan fingerprint density at radius 3 is 2.71 bits per heavy atom. The number of nitrogens with one attached hydrogen (secondary N) is 2. The Balaban J connectivity index is 1.37. The Hall–Kier alpha value is -3.72. The van der Waals surface area contributed by atoms with Gasteiger partial charge >= 0.3 is 0 Å². The maximum atomic E-state index is 14.0. The van der Waals surface area contributed by atoms with Gasteiger partial charge in [0.25, 0.3) is 5.91 Å². The van der Waals surface area contributed by atoms with E-state index in [-0.39, 0.29) is 22.9 Å². The lowest BCUT2D eigenvalue weighted by atomic mass is 10.2. The van der Waals surface area contributed by atoms with E-state index in [4.69, 9.17) is 0 Å². The maximum absolute atomic E-state index is 14.0. The fraction of sp³-hybridized carbons (Fsp3) is 0.0909. The van der Waals surface area contributed by atoms with E-state index in [0.29, 0.717) is 5.69 Å². The predicted molar refractivity (Wildman–Crippen MR) is 116 cm³/mol. The molecule has 0 radical (unpaired) electrons. The highest BCUT2D eigenvalue weighted by Gasteiger charge is 2.17. The molecule has 0 aliphatic rings. The van der Waals surface area contributed by atoms with E-state index in [1.165, 1.54) is 28.7 Å². The molecule has 0 bridgehead atoms. The van der Waals surface area contributed by atoms with Crippen LogP contribution >= 0.6 is 11.8 Å². The molecule has 7 nitrogen and oxygen atoms in total. The molecule has 2 heterocycles. The minimum atomic E-state index is -0.537. The van der Waals surface area contributed by atoms with Gasteiger partial charge in [0.2, 0.25) is 5.91 Å². The number of rotatable bonds is 5. The first-order valence-electron chi connectivity index (χ1n) is 9.40. The Morgan fingerprint density at radius 2 is 1.87 bits per heavy atom. The summed E-state index contributed by atoms with van der Waals surface area (Å²) in [5, 5.41) is 5.08. The number of pyridine rings is 1. The van der Waals surface area contributed by atoms with Crippen LogP contribution < -0.4 is 10.9 Å². The molecule has 0 saturated heterocycles. The first-order chi connectivity index (χ1) is 15.0. The second kappa shape index (κ2) is 8.97. The second-order valence-electron chi connectivity index (χ2n) is 6.63. The van der Waals surface area contributed by atoms with Crippen LogP contribution in [-0.2, 0) is 4.79 Å². The van der Waals surface area contributed by atoms with Crippen molar-refractivity contribution in [1.29, 1.82) is 0 Å². The molecule has 156 valence electrons. The number of para-hydroxylation sites is 2. The van der Waals surface area contributed by atoms with Gasteiger partial charge in [-0.1, -0.05) is 30.3 Å². The summed E-state index contributed by atoms with van der Waals surface area (Å²) in [6, 6.07) is 15.7. The third-order valence-corrected chi connectivity index (χ3v) is 5.65. The summed E-state index contributed by atoms with van der Waals surface area (Å²) in [6.07, 6.45) is 3.04. The number of nitrogens with zero attached hydrogens (tertiary/aromatic N) is 3. The fourth-order valence-electron chi connectivity index (χ4n) is 3.06. The van der Waals surface area contributed by atoms with Crippen molar-refractivity contribution in [3.8, 4) is 5.69 Å². The number of carbonyl (C=O) groups excluding carboxylic acids is 2. The molecule has 9 heteroatoms. The van der Waals surface area contributed by atoms with Crippen molar-refractivity contribution in [2.75, 3.05) is 5.75 Å². The quantitative estimate of drug-likeness (QED) is 0.370. The molecule has 0 aliphatic heterocycles. The van der Waals surface area contributed by atoms with E-state index in [9.17, 15) is 14.0 Å². The molecule has 0 saturated carbocycles. The first-order valence-corrected chi connectivity index (χ1v) is 10.4. The summed E-state index contributed by atoms with van der Waals surface area (Å²) >= 11 is 1.33. The third kappa shape index (κ3) is 4.41. The number of halogens is 1. The van der Waals surface area contributed by atoms with E-state index in [1.54, 1.807) is 31.3 Å². The van der Waals surface area contributed by atoms with Gasteiger partial charge in [0.1, 0.15) is 11.5 Å². The van der Waals surface area contributed by atoms with Gasteiger partial charge in [-0.05, 0) is 31.2 Å². The number of hydrogen-bond donors (Lipinski definition) is 2. The molecule has 2 aromatic carbocycles. The van der Waals surface area contributed by atoms with Crippen LogP contribution in [0.3, 0.4) is 0 Å². The van der Waals surface area contributed by atoms with E-state index in [1.807, 2.05) is 30.3 Å². The van der Waals surface area contributed by atoms with Crippen molar-refractivity contribution in [3.63, 3.8) is 0 Å². The van der Waals surface area contributed by atoms with Crippen LogP contribution in [0.1, 0.15) is 16.1 Å². The second-order valence-corrected chi connectivity index (χ2v) is 7.65. The highest BCUT2D eigenvalue weighted by atomic mass is 32.2. The lowest BCUT2D eigenvalue weighted by Gasteiger charge is -2.09. The summed E-state index contributed by atoms with van der Waals surface area (Å²) in [5.74, 6) is -1.26. The molecule has 0 fully saturated rings. The van der Waals surface area contributed by atoms with E-state index < -0.39 is 11.7 Å². The van der Waals surface area contributed by atoms with Gasteiger partial charge < -0.3 is 0 Å². The molecule has 2 aromatic heterocycles. The molecule has 4 aromatic rings. The van der Waals surface area contributed by atoms with Crippen molar-refractivity contribution in [3.05, 3.63) is 84.1 Å². The molecule has 2 amide bonds. The summed E-state index contributed by atoms with van der Waals surface area (Å²) in [5.41, 5.74) is 6.52. The van der Waals surface area contributed by atoms with Crippen LogP contribution in [0, 0.1) is 12.7 Å². The number of aromatic nitrogens is 3. The van der Waals surface area contributed by atoms with E-state index in [2.05, 4.69) is 20.9 Å². The summed E-state index contributed by atoms with van der Waals surface area (Å²) in [7, 11) is 0. The van der Waals surface area contributed by atoms with Crippen molar-refractivity contribution in [2.24, 2.45) is 0 Å². The van der Waals surface area contributed by atoms with Crippen LogP contribution in [0.2, 0.25) is 0 Å². The van der Waals surface area contributed by atoms with Crippen molar-refractivity contribution in [2.45, 2.75) is 11.8 Å². The largest absolute Gasteiger partial charge is 0.273 e. The summed E-state index contributed by atoms with van der Waals surface area (Å²) in [6.45, 7) is 1.65. The van der Waals surface area contributed by atoms with Gasteiger partial charge in [-0.15, -0.1) is 11.8 Å². The predicted octanol–water partition coefficient (Wildman–Crippen LogP) is 3.42. The lowest BCUT2D eigenvalue weighted by molar-refractivity contribution is -0.119. The van der Waals surface area contributed by atoms with E-state index >= 15 is 0 Å². The number of amides is 2. The van der Waals surface area contributed by atoms with Crippen LogP contribution in [0.4, 0.5) is 4.39 Å². The number of hydrazine groups is 1.